The smallest absolute Gasteiger partial charge is 0.251 e. The number of sulfonamides is 1. The maximum atomic E-state index is 12.8. The Morgan fingerprint density at radius 3 is 2.43 bits per heavy atom. The van der Waals surface area contributed by atoms with Gasteiger partial charge in [-0.2, -0.15) is 0 Å². The summed E-state index contributed by atoms with van der Waals surface area (Å²) in [5, 5.41) is 3.10. The Bertz CT molecular complexity index is 997. The summed E-state index contributed by atoms with van der Waals surface area (Å²) in [6.45, 7) is 8.76. The van der Waals surface area contributed by atoms with Gasteiger partial charge >= 0.3 is 0 Å². The lowest BCUT2D eigenvalue weighted by Gasteiger charge is -2.32. The highest BCUT2D eigenvalue weighted by molar-refractivity contribution is 7.89. The van der Waals surface area contributed by atoms with Crippen LogP contribution in [-0.4, -0.2) is 44.9 Å². The topological polar surface area (TPSA) is 78.5 Å². The Hall–Kier alpha value is -2.22. The molecule has 30 heavy (non-hydrogen) atoms. The fourth-order valence-electron chi connectivity index (χ4n) is 3.81. The molecule has 0 saturated carbocycles. The molecule has 0 aromatic heterocycles. The molecule has 1 aliphatic rings. The molecule has 3 rings (SSSR count). The summed E-state index contributed by atoms with van der Waals surface area (Å²) in [7, 11) is -3.59. The van der Waals surface area contributed by atoms with Crippen molar-refractivity contribution in [2.24, 2.45) is 0 Å². The van der Waals surface area contributed by atoms with E-state index in [1.54, 1.807) is 13.0 Å². The van der Waals surface area contributed by atoms with Gasteiger partial charge in [-0.1, -0.05) is 37.3 Å². The van der Waals surface area contributed by atoms with Crippen molar-refractivity contribution in [2.45, 2.75) is 51.1 Å². The van der Waals surface area contributed by atoms with Crippen LogP contribution < -0.4 is 10.0 Å². The second-order valence-electron chi connectivity index (χ2n) is 7.93. The third-order valence-electron chi connectivity index (χ3n) is 5.68. The maximum absolute atomic E-state index is 12.8. The van der Waals surface area contributed by atoms with Gasteiger partial charge in [0, 0.05) is 37.8 Å². The first-order valence-corrected chi connectivity index (χ1v) is 12.0. The molecule has 6 nitrogen and oxygen atoms in total. The number of benzene rings is 2. The van der Waals surface area contributed by atoms with Crippen LogP contribution in [0.2, 0.25) is 0 Å². The van der Waals surface area contributed by atoms with Crippen LogP contribution in [0.4, 0.5) is 0 Å². The van der Waals surface area contributed by atoms with Crippen LogP contribution in [0.25, 0.3) is 0 Å². The van der Waals surface area contributed by atoms with Gasteiger partial charge in [-0.15, -0.1) is 0 Å². The number of carbonyl (C=O) groups excluding carboxylic acids is 1. The monoisotopic (exact) mass is 429 g/mol. The Balaban J connectivity index is 1.60. The number of rotatable bonds is 7. The zero-order chi connectivity index (χ0) is 21.7. The van der Waals surface area contributed by atoms with E-state index in [1.807, 2.05) is 6.92 Å². The fourth-order valence-corrected chi connectivity index (χ4v) is 4.88. The standard InChI is InChI=1S/C23H31N3O3S/c1-4-24-30(28,29)21-10-9-18(3)22(15-21)23(27)25-20-11-13-26(14-12-20)16-19-8-6-5-7-17(19)2/h5-10,15,20,24H,4,11-14,16H2,1-3H3,(H,25,27). The van der Waals surface area contributed by atoms with Crippen molar-refractivity contribution in [1.29, 1.82) is 0 Å². The average Bonchev–Trinajstić information content (AvgIpc) is 2.71. The Labute approximate surface area is 179 Å². The molecule has 1 fully saturated rings. The van der Waals surface area contributed by atoms with E-state index in [4.69, 9.17) is 0 Å². The van der Waals surface area contributed by atoms with Gasteiger partial charge in [0.15, 0.2) is 0 Å². The summed E-state index contributed by atoms with van der Waals surface area (Å²) in [4.78, 5) is 15.4. The average molecular weight is 430 g/mol. The highest BCUT2D eigenvalue weighted by Gasteiger charge is 2.23. The van der Waals surface area contributed by atoms with Crippen LogP contribution in [0.1, 0.15) is 46.8 Å². The molecule has 0 radical (unpaired) electrons. The number of hydrogen-bond donors (Lipinski definition) is 2. The van der Waals surface area contributed by atoms with Gasteiger partial charge < -0.3 is 5.32 Å². The molecule has 1 aliphatic heterocycles. The van der Waals surface area contributed by atoms with Crippen molar-refractivity contribution in [2.75, 3.05) is 19.6 Å². The van der Waals surface area contributed by atoms with E-state index in [2.05, 4.69) is 46.1 Å². The zero-order valence-corrected chi connectivity index (χ0v) is 18.8. The largest absolute Gasteiger partial charge is 0.349 e. The number of nitrogens with one attached hydrogen (secondary N) is 2. The third-order valence-corrected chi connectivity index (χ3v) is 7.22. The van der Waals surface area contributed by atoms with Crippen molar-refractivity contribution in [3.8, 4) is 0 Å². The molecular weight excluding hydrogens is 398 g/mol. The minimum absolute atomic E-state index is 0.0963. The maximum Gasteiger partial charge on any atom is 0.251 e. The molecule has 7 heteroatoms. The van der Waals surface area contributed by atoms with E-state index in [1.165, 1.54) is 23.3 Å². The highest BCUT2D eigenvalue weighted by Crippen LogP contribution is 2.19. The van der Waals surface area contributed by atoms with Crippen molar-refractivity contribution >= 4 is 15.9 Å². The van der Waals surface area contributed by atoms with Crippen LogP contribution in [0.5, 0.6) is 0 Å². The van der Waals surface area contributed by atoms with Gasteiger partial charge in [0.1, 0.15) is 0 Å². The van der Waals surface area contributed by atoms with Gasteiger partial charge in [-0.3, -0.25) is 9.69 Å². The van der Waals surface area contributed by atoms with Crippen molar-refractivity contribution in [3.05, 3.63) is 64.7 Å². The van der Waals surface area contributed by atoms with Gasteiger partial charge in [0.2, 0.25) is 10.0 Å². The minimum Gasteiger partial charge on any atom is -0.349 e. The first-order chi connectivity index (χ1) is 14.3. The lowest BCUT2D eigenvalue weighted by Crippen LogP contribution is -2.44. The van der Waals surface area contributed by atoms with Crippen molar-refractivity contribution in [3.63, 3.8) is 0 Å². The van der Waals surface area contributed by atoms with Crippen LogP contribution in [0, 0.1) is 13.8 Å². The summed E-state index contributed by atoms with van der Waals surface area (Å²) in [6.07, 6.45) is 1.76. The lowest BCUT2D eigenvalue weighted by atomic mass is 10.0. The molecule has 2 N–H and O–H groups in total. The Morgan fingerprint density at radius 2 is 1.77 bits per heavy atom. The SMILES string of the molecule is CCNS(=O)(=O)c1ccc(C)c(C(=O)NC2CCN(Cc3ccccc3C)CC2)c1. The fraction of sp³-hybridized carbons (Fsp3) is 0.435. The predicted octanol–water partition coefficient (Wildman–Crippen LogP) is 3.00. The molecule has 0 bridgehead atoms. The van der Waals surface area contributed by atoms with Gasteiger partial charge in [-0.25, -0.2) is 13.1 Å². The molecule has 0 aliphatic carbocycles. The molecular formula is C23H31N3O3S. The van der Waals surface area contributed by atoms with Gasteiger partial charge in [-0.05, 0) is 55.5 Å². The molecule has 0 atom stereocenters. The Morgan fingerprint density at radius 1 is 1.07 bits per heavy atom. The normalized spacial score (nSPS) is 15.8. The Kier molecular flexibility index (Phi) is 7.28. The number of aryl methyl sites for hydroxylation is 2. The van der Waals surface area contributed by atoms with E-state index < -0.39 is 10.0 Å². The van der Waals surface area contributed by atoms with Crippen molar-refractivity contribution < 1.29 is 13.2 Å². The summed E-state index contributed by atoms with van der Waals surface area (Å²) >= 11 is 0. The number of nitrogens with zero attached hydrogens (tertiary/aromatic N) is 1. The molecule has 162 valence electrons. The summed E-state index contributed by atoms with van der Waals surface area (Å²) in [5.41, 5.74) is 3.82. The predicted molar refractivity (Wildman–Crippen MR) is 119 cm³/mol. The van der Waals surface area contributed by atoms with E-state index in [0.717, 1.165) is 38.0 Å². The summed E-state index contributed by atoms with van der Waals surface area (Å²) in [5.74, 6) is -0.210. The zero-order valence-electron chi connectivity index (χ0n) is 17.9. The van der Waals surface area contributed by atoms with Crippen LogP contribution in [0.15, 0.2) is 47.4 Å². The van der Waals surface area contributed by atoms with E-state index in [9.17, 15) is 13.2 Å². The second-order valence-corrected chi connectivity index (χ2v) is 9.70. The van der Waals surface area contributed by atoms with Crippen LogP contribution in [0.3, 0.4) is 0 Å². The quantitative estimate of drug-likeness (QED) is 0.709. The van der Waals surface area contributed by atoms with Gasteiger partial charge in [0.05, 0.1) is 4.90 Å². The van der Waals surface area contributed by atoms with Crippen LogP contribution >= 0.6 is 0 Å². The summed E-state index contributed by atoms with van der Waals surface area (Å²) in [6, 6.07) is 13.2. The first-order valence-electron chi connectivity index (χ1n) is 10.5. The highest BCUT2D eigenvalue weighted by atomic mass is 32.2. The lowest BCUT2D eigenvalue weighted by molar-refractivity contribution is 0.0908. The van der Waals surface area contributed by atoms with Crippen molar-refractivity contribution in [1.82, 2.24) is 14.9 Å². The van der Waals surface area contributed by atoms with Gasteiger partial charge in [0.25, 0.3) is 5.91 Å². The minimum atomic E-state index is -3.59. The molecule has 2 aromatic rings. The number of hydrogen-bond acceptors (Lipinski definition) is 4. The molecule has 0 spiro atoms. The van der Waals surface area contributed by atoms with E-state index in [-0.39, 0.29) is 16.8 Å². The number of piperidine rings is 1. The third kappa shape index (κ3) is 5.47. The molecule has 2 aromatic carbocycles. The number of likely N-dealkylation sites (tertiary alicyclic amines) is 1. The summed E-state index contributed by atoms with van der Waals surface area (Å²) < 4.78 is 27.0. The first kappa shape index (κ1) is 22.5. The molecule has 1 heterocycles. The van der Waals surface area contributed by atoms with Crippen LogP contribution in [-0.2, 0) is 16.6 Å². The second kappa shape index (κ2) is 9.73. The number of amides is 1. The molecule has 1 amide bonds. The van der Waals surface area contributed by atoms with E-state index >= 15 is 0 Å². The molecule has 0 unspecified atom stereocenters. The molecule has 1 saturated heterocycles. The number of carbonyl (C=O) groups is 1. The van der Waals surface area contributed by atoms with E-state index in [0.29, 0.717) is 12.1 Å².